The molecule has 13 heavy (non-hydrogen) atoms. The first-order valence-electron chi connectivity index (χ1n) is 4.20. The van der Waals surface area contributed by atoms with E-state index in [1.54, 1.807) is 27.6 Å². The molecule has 1 rings (SSSR count). The predicted octanol–water partition coefficient (Wildman–Crippen LogP) is 0.575. The van der Waals surface area contributed by atoms with Crippen LogP contribution >= 0.6 is 0 Å². The lowest BCUT2D eigenvalue weighted by molar-refractivity contribution is -0.113. The molecule has 0 amide bonds. The van der Waals surface area contributed by atoms with Crippen molar-refractivity contribution in [2.45, 2.75) is 18.3 Å². The smallest absolute Gasteiger partial charge is 0.150 e. The van der Waals surface area contributed by atoms with Crippen LogP contribution in [0.3, 0.4) is 0 Å². The maximum Gasteiger partial charge on any atom is 0.150 e. The van der Waals surface area contributed by atoms with Crippen molar-refractivity contribution >= 4 is 0 Å². The lowest BCUT2D eigenvalue weighted by Crippen LogP contribution is -2.44. The molecular weight excluding hydrogens is 172 g/mol. The molecule has 3 atom stereocenters. The molecule has 4 heteroatoms. The first-order chi connectivity index (χ1) is 6.33. The van der Waals surface area contributed by atoms with Gasteiger partial charge in [-0.25, -0.2) is 0 Å². The minimum absolute atomic E-state index is 0.0566. The van der Waals surface area contributed by atoms with E-state index in [4.69, 9.17) is 18.9 Å². The SMILES string of the molecule is COCC1OC=CC(OC)[C@@H]1OC. The van der Waals surface area contributed by atoms with Gasteiger partial charge < -0.3 is 18.9 Å². The molecule has 0 aromatic heterocycles. The summed E-state index contributed by atoms with van der Waals surface area (Å²) in [5.74, 6) is 0. The molecule has 76 valence electrons. The Labute approximate surface area is 78.4 Å². The highest BCUT2D eigenvalue weighted by Gasteiger charge is 2.32. The Balaban J connectivity index is 2.59. The minimum atomic E-state index is -0.102. The summed E-state index contributed by atoms with van der Waals surface area (Å²) in [5.41, 5.74) is 0. The van der Waals surface area contributed by atoms with Crippen molar-refractivity contribution in [1.82, 2.24) is 0 Å². The number of ether oxygens (including phenoxy) is 4. The van der Waals surface area contributed by atoms with Crippen molar-refractivity contribution in [3.63, 3.8) is 0 Å². The van der Waals surface area contributed by atoms with Gasteiger partial charge in [0.25, 0.3) is 0 Å². The summed E-state index contributed by atoms with van der Waals surface area (Å²) < 4.78 is 20.9. The molecule has 0 radical (unpaired) electrons. The standard InChI is InChI=1S/C9H16O4/c1-10-6-8-9(12-3)7(11-2)4-5-13-8/h4-5,7-9H,6H2,1-3H3/t7?,8?,9-/m0/s1. The van der Waals surface area contributed by atoms with E-state index in [1.807, 2.05) is 6.08 Å². The van der Waals surface area contributed by atoms with Crippen molar-refractivity contribution in [2.24, 2.45) is 0 Å². The van der Waals surface area contributed by atoms with Crippen LogP contribution in [0.2, 0.25) is 0 Å². The van der Waals surface area contributed by atoms with Crippen molar-refractivity contribution in [2.75, 3.05) is 27.9 Å². The zero-order valence-corrected chi connectivity index (χ0v) is 8.23. The third-order valence-corrected chi connectivity index (χ3v) is 2.09. The number of methoxy groups -OCH3 is 3. The number of hydrogen-bond donors (Lipinski definition) is 0. The van der Waals surface area contributed by atoms with Crippen LogP contribution < -0.4 is 0 Å². The molecule has 0 saturated carbocycles. The second-order valence-electron chi connectivity index (χ2n) is 2.86. The third kappa shape index (κ3) is 2.43. The monoisotopic (exact) mass is 188 g/mol. The maximum atomic E-state index is 5.34. The maximum absolute atomic E-state index is 5.34. The van der Waals surface area contributed by atoms with Crippen LogP contribution in [0.4, 0.5) is 0 Å². The summed E-state index contributed by atoms with van der Waals surface area (Å²) in [4.78, 5) is 0. The molecule has 4 nitrogen and oxygen atoms in total. The van der Waals surface area contributed by atoms with E-state index in [9.17, 15) is 0 Å². The van der Waals surface area contributed by atoms with Crippen molar-refractivity contribution in [1.29, 1.82) is 0 Å². The van der Waals surface area contributed by atoms with Crippen LogP contribution in [0, 0.1) is 0 Å². The summed E-state index contributed by atoms with van der Waals surface area (Å²) in [6, 6.07) is 0. The molecule has 1 aliphatic heterocycles. The zero-order valence-electron chi connectivity index (χ0n) is 8.23. The van der Waals surface area contributed by atoms with Crippen LogP contribution in [0.25, 0.3) is 0 Å². The van der Waals surface area contributed by atoms with Crippen molar-refractivity contribution in [3.8, 4) is 0 Å². The Morgan fingerprint density at radius 2 is 2.00 bits per heavy atom. The van der Waals surface area contributed by atoms with Gasteiger partial charge in [0.05, 0.1) is 12.9 Å². The van der Waals surface area contributed by atoms with Crippen LogP contribution in [-0.4, -0.2) is 46.2 Å². The topological polar surface area (TPSA) is 36.9 Å². The lowest BCUT2D eigenvalue weighted by atomic mass is 10.1. The van der Waals surface area contributed by atoms with E-state index in [0.29, 0.717) is 6.61 Å². The van der Waals surface area contributed by atoms with Gasteiger partial charge in [0, 0.05) is 21.3 Å². The first kappa shape index (κ1) is 10.5. The molecule has 0 bridgehead atoms. The third-order valence-electron chi connectivity index (χ3n) is 2.09. The van der Waals surface area contributed by atoms with Crippen LogP contribution in [0.15, 0.2) is 12.3 Å². The Bertz CT molecular complexity index is 169. The Kier molecular flexibility index (Phi) is 4.21. The second-order valence-corrected chi connectivity index (χ2v) is 2.86. The molecule has 0 aromatic rings. The first-order valence-corrected chi connectivity index (χ1v) is 4.20. The largest absolute Gasteiger partial charge is 0.493 e. The van der Waals surface area contributed by atoms with Gasteiger partial charge in [-0.1, -0.05) is 0 Å². The highest BCUT2D eigenvalue weighted by Crippen LogP contribution is 2.17. The molecule has 0 aromatic carbocycles. The highest BCUT2D eigenvalue weighted by molar-refractivity contribution is 4.98. The second kappa shape index (κ2) is 5.21. The number of hydrogen-bond acceptors (Lipinski definition) is 4. The van der Waals surface area contributed by atoms with Crippen molar-refractivity contribution < 1.29 is 18.9 Å². The molecule has 2 unspecified atom stereocenters. The molecule has 0 fully saturated rings. The fourth-order valence-corrected chi connectivity index (χ4v) is 1.42. The Hall–Kier alpha value is -0.580. The average molecular weight is 188 g/mol. The molecule has 0 aliphatic carbocycles. The van der Waals surface area contributed by atoms with Crippen LogP contribution in [0.5, 0.6) is 0 Å². The van der Waals surface area contributed by atoms with Gasteiger partial charge in [0.2, 0.25) is 0 Å². The van der Waals surface area contributed by atoms with E-state index in [1.165, 1.54) is 0 Å². The van der Waals surface area contributed by atoms with Gasteiger partial charge in [-0.3, -0.25) is 0 Å². The predicted molar refractivity (Wildman–Crippen MR) is 47.5 cm³/mol. The minimum Gasteiger partial charge on any atom is -0.493 e. The fraction of sp³-hybridized carbons (Fsp3) is 0.778. The van der Waals surface area contributed by atoms with E-state index < -0.39 is 0 Å². The Morgan fingerprint density at radius 1 is 1.23 bits per heavy atom. The van der Waals surface area contributed by atoms with Gasteiger partial charge in [-0.2, -0.15) is 0 Å². The molecule has 1 aliphatic rings. The van der Waals surface area contributed by atoms with Crippen molar-refractivity contribution in [3.05, 3.63) is 12.3 Å². The summed E-state index contributed by atoms with van der Waals surface area (Å²) >= 11 is 0. The summed E-state index contributed by atoms with van der Waals surface area (Å²) in [6.45, 7) is 0.503. The van der Waals surface area contributed by atoms with Crippen LogP contribution in [-0.2, 0) is 18.9 Å². The van der Waals surface area contributed by atoms with Gasteiger partial charge in [0.15, 0.2) is 0 Å². The van der Waals surface area contributed by atoms with Gasteiger partial charge in [-0.15, -0.1) is 0 Å². The highest BCUT2D eigenvalue weighted by atomic mass is 16.6. The average Bonchev–Trinajstić information content (AvgIpc) is 2.18. The summed E-state index contributed by atoms with van der Waals surface area (Å²) in [6.07, 6.45) is 3.21. The molecule has 0 N–H and O–H groups in total. The van der Waals surface area contributed by atoms with E-state index in [-0.39, 0.29) is 18.3 Å². The quantitative estimate of drug-likeness (QED) is 0.646. The lowest BCUT2D eigenvalue weighted by Gasteiger charge is -2.32. The van der Waals surface area contributed by atoms with E-state index in [0.717, 1.165) is 0 Å². The Morgan fingerprint density at radius 3 is 2.54 bits per heavy atom. The van der Waals surface area contributed by atoms with E-state index >= 15 is 0 Å². The normalized spacial score (nSPS) is 33.0. The fourth-order valence-electron chi connectivity index (χ4n) is 1.42. The molecule has 0 saturated heterocycles. The summed E-state index contributed by atoms with van der Waals surface area (Å²) in [7, 11) is 4.92. The summed E-state index contributed by atoms with van der Waals surface area (Å²) in [5, 5.41) is 0. The number of rotatable bonds is 4. The molecule has 0 spiro atoms. The van der Waals surface area contributed by atoms with Gasteiger partial charge >= 0.3 is 0 Å². The van der Waals surface area contributed by atoms with E-state index in [2.05, 4.69) is 0 Å². The van der Waals surface area contributed by atoms with Gasteiger partial charge in [-0.05, 0) is 6.08 Å². The molecular formula is C9H16O4. The van der Waals surface area contributed by atoms with Crippen LogP contribution in [0.1, 0.15) is 0 Å². The molecule has 1 heterocycles. The van der Waals surface area contributed by atoms with Gasteiger partial charge in [0.1, 0.15) is 18.3 Å². The zero-order chi connectivity index (χ0) is 9.68.